The topological polar surface area (TPSA) is 20.2 Å². The molecule has 0 bridgehead atoms. The van der Waals surface area contributed by atoms with Crippen LogP contribution in [-0.4, -0.2) is 11.7 Å². The van der Waals surface area contributed by atoms with E-state index in [4.69, 9.17) is 5.11 Å². The monoisotopic (exact) mass is 236 g/mol. The third kappa shape index (κ3) is 15.2. The molecule has 0 aromatic heterocycles. The van der Waals surface area contributed by atoms with Crippen LogP contribution in [-0.2, 0) is 0 Å². The van der Waals surface area contributed by atoms with Crippen molar-refractivity contribution in [2.45, 2.75) is 58.3 Å². The fraction of sp³-hybridized carbons (Fsp3) is 0.625. The van der Waals surface area contributed by atoms with Gasteiger partial charge in [-0.1, -0.05) is 68.6 Å². The van der Waals surface area contributed by atoms with Crippen LogP contribution in [0.4, 0.5) is 0 Å². The minimum absolute atomic E-state index is 0.353. The minimum atomic E-state index is 0.353. The molecular formula is C16H28O. The molecule has 0 fully saturated rings. The summed E-state index contributed by atoms with van der Waals surface area (Å²) in [6, 6.07) is 0. The Morgan fingerprint density at radius 2 is 1.29 bits per heavy atom. The number of hydrogen-bond acceptors (Lipinski definition) is 1. The van der Waals surface area contributed by atoms with E-state index in [1.807, 2.05) is 19.1 Å². The van der Waals surface area contributed by atoms with Crippen molar-refractivity contribution in [1.82, 2.24) is 0 Å². The summed E-state index contributed by atoms with van der Waals surface area (Å²) in [4.78, 5) is 0. The Kier molecular flexibility index (Phi) is 14.4. The quantitative estimate of drug-likeness (QED) is 0.404. The van der Waals surface area contributed by atoms with Gasteiger partial charge in [-0.25, -0.2) is 0 Å². The number of allylic oxidation sites excluding steroid dienone is 6. The first-order chi connectivity index (χ1) is 8.41. The van der Waals surface area contributed by atoms with Gasteiger partial charge in [-0.05, 0) is 26.2 Å². The fourth-order valence-electron chi connectivity index (χ4n) is 1.67. The Morgan fingerprint density at radius 3 is 1.94 bits per heavy atom. The van der Waals surface area contributed by atoms with E-state index in [9.17, 15) is 0 Å². The van der Waals surface area contributed by atoms with E-state index in [0.29, 0.717) is 6.61 Å². The van der Waals surface area contributed by atoms with Crippen molar-refractivity contribution in [3.05, 3.63) is 36.5 Å². The molecule has 1 nitrogen and oxygen atoms in total. The first-order valence-corrected chi connectivity index (χ1v) is 6.97. The van der Waals surface area contributed by atoms with E-state index in [0.717, 1.165) is 6.42 Å². The first-order valence-electron chi connectivity index (χ1n) is 6.97. The van der Waals surface area contributed by atoms with Crippen LogP contribution >= 0.6 is 0 Å². The molecule has 17 heavy (non-hydrogen) atoms. The second-order valence-electron chi connectivity index (χ2n) is 4.33. The Morgan fingerprint density at radius 1 is 0.706 bits per heavy atom. The molecule has 0 amide bonds. The standard InChI is InChI=1S/C16H28O/c1-2-3-4-5-6-7-8-9-10-11-12-13-14-15-16-17/h2-7,17H,8-16H2,1H3/b3-2+,5-4+,7-6+. The molecule has 0 aromatic carbocycles. The van der Waals surface area contributed by atoms with Crippen molar-refractivity contribution in [2.24, 2.45) is 0 Å². The van der Waals surface area contributed by atoms with Gasteiger partial charge in [0, 0.05) is 6.61 Å². The van der Waals surface area contributed by atoms with E-state index >= 15 is 0 Å². The SMILES string of the molecule is C/C=C/C=C/C=C/CCCCCCCCCO. The summed E-state index contributed by atoms with van der Waals surface area (Å²) >= 11 is 0. The molecule has 0 aliphatic rings. The molecule has 0 radical (unpaired) electrons. The molecular weight excluding hydrogens is 208 g/mol. The number of unbranched alkanes of at least 4 members (excludes halogenated alkanes) is 7. The van der Waals surface area contributed by atoms with Crippen LogP contribution < -0.4 is 0 Å². The third-order valence-corrected chi connectivity index (χ3v) is 2.69. The van der Waals surface area contributed by atoms with Gasteiger partial charge in [0.25, 0.3) is 0 Å². The minimum Gasteiger partial charge on any atom is -0.396 e. The van der Waals surface area contributed by atoms with E-state index in [1.165, 1.54) is 44.9 Å². The highest BCUT2D eigenvalue weighted by Gasteiger charge is 1.90. The molecule has 0 aliphatic carbocycles. The summed E-state index contributed by atoms with van der Waals surface area (Å²) in [6.07, 6.45) is 22.5. The normalized spacial score (nSPS) is 12.4. The van der Waals surface area contributed by atoms with Gasteiger partial charge in [-0.2, -0.15) is 0 Å². The maximum Gasteiger partial charge on any atom is 0.0431 e. The summed E-state index contributed by atoms with van der Waals surface area (Å²) in [5.74, 6) is 0. The van der Waals surface area contributed by atoms with Gasteiger partial charge in [0.05, 0.1) is 0 Å². The van der Waals surface area contributed by atoms with Crippen LogP contribution in [0.1, 0.15) is 58.3 Å². The van der Waals surface area contributed by atoms with Gasteiger partial charge in [0.15, 0.2) is 0 Å². The summed E-state index contributed by atoms with van der Waals surface area (Å²) in [7, 11) is 0. The summed E-state index contributed by atoms with van der Waals surface area (Å²) in [5.41, 5.74) is 0. The van der Waals surface area contributed by atoms with E-state index in [-0.39, 0.29) is 0 Å². The van der Waals surface area contributed by atoms with Crippen molar-refractivity contribution < 1.29 is 5.11 Å². The third-order valence-electron chi connectivity index (χ3n) is 2.69. The Balaban J connectivity index is 3.12. The molecule has 0 heterocycles. The highest BCUT2D eigenvalue weighted by atomic mass is 16.2. The number of aliphatic hydroxyl groups is 1. The van der Waals surface area contributed by atoms with Crippen molar-refractivity contribution in [1.29, 1.82) is 0 Å². The maximum atomic E-state index is 8.63. The van der Waals surface area contributed by atoms with Crippen LogP contribution in [0.25, 0.3) is 0 Å². The van der Waals surface area contributed by atoms with Crippen LogP contribution in [0.15, 0.2) is 36.5 Å². The summed E-state index contributed by atoms with van der Waals surface area (Å²) in [6.45, 7) is 2.38. The van der Waals surface area contributed by atoms with Gasteiger partial charge >= 0.3 is 0 Å². The number of aliphatic hydroxyl groups excluding tert-OH is 1. The molecule has 0 aliphatic heterocycles. The van der Waals surface area contributed by atoms with E-state index in [2.05, 4.69) is 24.3 Å². The predicted octanol–water partition coefficient (Wildman–Crippen LogP) is 4.79. The van der Waals surface area contributed by atoms with Gasteiger partial charge in [-0.15, -0.1) is 0 Å². The average molecular weight is 236 g/mol. The molecule has 0 saturated carbocycles. The number of hydrogen-bond donors (Lipinski definition) is 1. The second kappa shape index (κ2) is 15.2. The highest BCUT2D eigenvalue weighted by Crippen LogP contribution is 2.08. The first kappa shape index (κ1) is 16.2. The summed E-state index contributed by atoms with van der Waals surface area (Å²) < 4.78 is 0. The fourth-order valence-corrected chi connectivity index (χ4v) is 1.67. The molecule has 1 heteroatoms. The Bertz CT molecular complexity index is 214. The molecule has 0 rings (SSSR count). The number of rotatable bonds is 11. The zero-order valence-corrected chi connectivity index (χ0v) is 11.3. The molecule has 0 atom stereocenters. The van der Waals surface area contributed by atoms with E-state index in [1.54, 1.807) is 0 Å². The van der Waals surface area contributed by atoms with Crippen molar-refractivity contribution in [3.63, 3.8) is 0 Å². The lowest BCUT2D eigenvalue weighted by Gasteiger charge is -1.99. The molecule has 0 unspecified atom stereocenters. The van der Waals surface area contributed by atoms with Crippen LogP contribution in [0, 0.1) is 0 Å². The highest BCUT2D eigenvalue weighted by molar-refractivity contribution is 5.10. The molecule has 0 aromatic rings. The van der Waals surface area contributed by atoms with Crippen LogP contribution in [0.2, 0.25) is 0 Å². The lowest BCUT2D eigenvalue weighted by atomic mass is 10.1. The van der Waals surface area contributed by atoms with Gasteiger partial charge in [0.1, 0.15) is 0 Å². The maximum absolute atomic E-state index is 8.63. The zero-order valence-electron chi connectivity index (χ0n) is 11.3. The average Bonchev–Trinajstić information content (AvgIpc) is 2.35. The molecule has 0 saturated heterocycles. The van der Waals surface area contributed by atoms with Gasteiger partial charge < -0.3 is 5.11 Å². The zero-order chi connectivity index (χ0) is 12.6. The molecule has 98 valence electrons. The second-order valence-corrected chi connectivity index (χ2v) is 4.33. The Labute approximate surface area is 107 Å². The van der Waals surface area contributed by atoms with Crippen molar-refractivity contribution in [2.75, 3.05) is 6.61 Å². The van der Waals surface area contributed by atoms with Crippen LogP contribution in [0.5, 0.6) is 0 Å². The Hall–Kier alpha value is -0.820. The van der Waals surface area contributed by atoms with Crippen molar-refractivity contribution in [3.8, 4) is 0 Å². The molecule has 0 spiro atoms. The largest absolute Gasteiger partial charge is 0.396 e. The van der Waals surface area contributed by atoms with E-state index < -0.39 is 0 Å². The van der Waals surface area contributed by atoms with Crippen molar-refractivity contribution >= 4 is 0 Å². The van der Waals surface area contributed by atoms with Crippen LogP contribution in [0.3, 0.4) is 0 Å². The molecule has 1 N–H and O–H groups in total. The lowest BCUT2D eigenvalue weighted by Crippen LogP contribution is -1.83. The van der Waals surface area contributed by atoms with Gasteiger partial charge in [-0.3, -0.25) is 0 Å². The lowest BCUT2D eigenvalue weighted by molar-refractivity contribution is 0.282. The van der Waals surface area contributed by atoms with Gasteiger partial charge in [0.2, 0.25) is 0 Å². The smallest absolute Gasteiger partial charge is 0.0431 e. The summed E-state index contributed by atoms with van der Waals surface area (Å²) in [5, 5.41) is 8.63. The predicted molar refractivity (Wildman–Crippen MR) is 77.1 cm³/mol.